The molecular weight excluding hydrogens is 227 g/mol. The molecule has 3 heteroatoms. The van der Waals surface area contributed by atoms with E-state index in [2.05, 4.69) is 17.9 Å². The third-order valence-corrected chi connectivity index (χ3v) is 3.99. The van der Waals surface area contributed by atoms with Crippen LogP contribution in [0.25, 0.3) is 0 Å². The van der Waals surface area contributed by atoms with Gasteiger partial charge in [0.05, 0.1) is 11.3 Å². The number of nitriles is 1. The minimum absolute atomic E-state index is 0.346. The molecule has 2 rings (SSSR count). The van der Waals surface area contributed by atoms with Crippen LogP contribution in [-0.4, -0.2) is 13.1 Å². The zero-order chi connectivity index (χ0) is 13.1. The van der Waals surface area contributed by atoms with Crippen LogP contribution in [0.4, 0.5) is 10.1 Å². The highest BCUT2D eigenvalue weighted by Gasteiger charge is 2.23. The zero-order valence-corrected chi connectivity index (χ0v) is 11.0. The molecule has 1 aliphatic carbocycles. The predicted molar refractivity (Wildman–Crippen MR) is 70.9 cm³/mol. The Labute approximate surface area is 108 Å². The number of benzene rings is 1. The molecule has 0 N–H and O–H groups in total. The molecule has 1 aliphatic rings. The minimum Gasteiger partial charge on any atom is -0.371 e. The van der Waals surface area contributed by atoms with Gasteiger partial charge in [0.1, 0.15) is 11.9 Å². The lowest BCUT2D eigenvalue weighted by Crippen LogP contribution is -2.35. The maximum absolute atomic E-state index is 13.1. The highest BCUT2D eigenvalue weighted by Crippen LogP contribution is 2.30. The van der Waals surface area contributed by atoms with Crippen molar-refractivity contribution < 1.29 is 4.39 Å². The highest BCUT2D eigenvalue weighted by molar-refractivity contribution is 5.59. The molecule has 1 saturated carbocycles. The zero-order valence-electron chi connectivity index (χ0n) is 11.0. The monoisotopic (exact) mass is 246 g/mol. The second-order valence-corrected chi connectivity index (χ2v) is 5.30. The van der Waals surface area contributed by atoms with Crippen LogP contribution in [0.5, 0.6) is 0 Å². The highest BCUT2D eigenvalue weighted by atomic mass is 19.1. The van der Waals surface area contributed by atoms with Gasteiger partial charge in [-0.25, -0.2) is 4.39 Å². The van der Waals surface area contributed by atoms with Crippen molar-refractivity contribution in [2.24, 2.45) is 5.92 Å². The molecule has 0 unspecified atom stereocenters. The molecule has 1 aromatic carbocycles. The van der Waals surface area contributed by atoms with Crippen molar-refractivity contribution in [1.29, 1.82) is 5.26 Å². The van der Waals surface area contributed by atoms with Crippen LogP contribution in [0.2, 0.25) is 0 Å². The van der Waals surface area contributed by atoms with Gasteiger partial charge in [0.15, 0.2) is 0 Å². The van der Waals surface area contributed by atoms with E-state index >= 15 is 0 Å². The molecule has 18 heavy (non-hydrogen) atoms. The van der Waals surface area contributed by atoms with Gasteiger partial charge in [-0.1, -0.05) is 6.92 Å². The van der Waals surface area contributed by atoms with Crippen molar-refractivity contribution in [2.45, 2.75) is 38.6 Å². The van der Waals surface area contributed by atoms with Gasteiger partial charge in [-0.3, -0.25) is 0 Å². The summed E-state index contributed by atoms with van der Waals surface area (Å²) >= 11 is 0. The van der Waals surface area contributed by atoms with E-state index in [4.69, 9.17) is 5.26 Å². The van der Waals surface area contributed by atoms with Gasteiger partial charge in [-0.15, -0.1) is 0 Å². The maximum atomic E-state index is 13.1. The van der Waals surface area contributed by atoms with Gasteiger partial charge < -0.3 is 4.90 Å². The second kappa shape index (κ2) is 5.39. The molecule has 0 heterocycles. The lowest BCUT2D eigenvalue weighted by atomic mass is 9.86. The van der Waals surface area contributed by atoms with Crippen molar-refractivity contribution in [2.75, 3.05) is 11.9 Å². The van der Waals surface area contributed by atoms with Gasteiger partial charge in [-0.05, 0) is 49.8 Å². The summed E-state index contributed by atoms with van der Waals surface area (Å²) in [5, 5.41) is 9.09. The van der Waals surface area contributed by atoms with E-state index in [0.29, 0.717) is 11.6 Å². The smallest absolute Gasteiger partial charge is 0.124 e. The van der Waals surface area contributed by atoms with E-state index in [1.54, 1.807) is 6.07 Å². The van der Waals surface area contributed by atoms with E-state index < -0.39 is 0 Å². The number of hydrogen-bond donors (Lipinski definition) is 0. The summed E-state index contributed by atoms with van der Waals surface area (Å²) < 4.78 is 13.1. The third kappa shape index (κ3) is 2.64. The Morgan fingerprint density at radius 2 is 1.94 bits per heavy atom. The van der Waals surface area contributed by atoms with Crippen LogP contribution < -0.4 is 4.90 Å². The molecule has 0 saturated heterocycles. The van der Waals surface area contributed by atoms with Gasteiger partial charge >= 0.3 is 0 Å². The molecule has 1 fully saturated rings. The van der Waals surface area contributed by atoms with E-state index in [9.17, 15) is 4.39 Å². The molecule has 0 radical (unpaired) electrons. The van der Waals surface area contributed by atoms with E-state index in [-0.39, 0.29) is 5.82 Å². The van der Waals surface area contributed by atoms with E-state index in [1.807, 2.05) is 7.05 Å². The number of rotatable bonds is 2. The Hall–Kier alpha value is -1.56. The van der Waals surface area contributed by atoms with Crippen molar-refractivity contribution in [3.05, 3.63) is 29.6 Å². The first-order valence-electron chi connectivity index (χ1n) is 6.54. The Morgan fingerprint density at radius 1 is 1.28 bits per heavy atom. The van der Waals surface area contributed by atoms with Gasteiger partial charge in [-0.2, -0.15) is 5.26 Å². The fourth-order valence-corrected chi connectivity index (χ4v) is 2.73. The van der Waals surface area contributed by atoms with Crippen molar-refractivity contribution in [3.63, 3.8) is 0 Å². The standard InChI is InChI=1S/C15H19FN2/c1-11-3-6-14(7-4-11)18(2)15-8-5-13(16)9-12(15)10-17/h5,8-9,11,14H,3-4,6-7H2,1-2H3. The minimum atomic E-state index is -0.346. The number of halogens is 1. The molecule has 0 atom stereocenters. The largest absolute Gasteiger partial charge is 0.371 e. The molecule has 0 aliphatic heterocycles. The molecule has 2 nitrogen and oxygen atoms in total. The van der Waals surface area contributed by atoms with E-state index in [1.165, 1.54) is 25.0 Å². The molecule has 0 spiro atoms. The maximum Gasteiger partial charge on any atom is 0.124 e. The average molecular weight is 246 g/mol. The SMILES string of the molecule is CC1CCC(N(C)c2ccc(F)cc2C#N)CC1. The Bertz CT molecular complexity index is 456. The Kier molecular flexibility index (Phi) is 3.86. The first-order chi connectivity index (χ1) is 8.61. The number of hydrogen-bond acceptors (Lipinski definition) is 2. The molecule has 96 valence electrons. The first kappa shape index (κ1) is 12.9. The summed E-state index contributed by atoms with van der Waals surface area (Å²) in [6.07, 6.45) is 4.77. The molecule has 1 aromatic rings. The summed E-state index contributed by atoms with van der Waals surface area (Å²) in [6.45, 7) is 2.29. The van der Waals surface area contributed by atoms with Gasteiger partial charge in [0.25, 0.3) is 0 Å². The fourth-order valence-electron chi connectivity index (χ4n) is 2.73. The Balaban J connectivity index is 2.18. The average Bonchev–Trinajstić information content (AvgIpc) is 2.38. The van der Waals surface area contributed by atoms with Gasteiger partial charge in [0.2, 0.25) is 0 Å². The molecule has 0 amide bonds. The van der Waals surface area contributed by atoms with E-state index in [0.717, 1.165) is 24.4 Å². The van der Waals surface area contributed by atoms with Gasteiger partial charge in [0, 0.05) is 13.1 Å². The summed E-state index contributed by atoms with van der Waals surface area (Å²) in [5.41, 5.74) is 1.27. The third-order valence-electron chi connectivity index (χ3n) is 3.99. The van der Waals surface area contributed by atoms with Crippen LogP contribution in [0.3, 0.4) is 0 Å². The Morgan fingerprint density at radius 3 is 2.56 bits per heavy atom. The predicted octanol–water partition coefficient (Wildman–Crippen LogP) is 3.71. The first-order valence-corrected chi connectivity index (χ1v) is 6.54. The van der Waals surface area contributed by atoms with Crippen LogP contribution in [0, 0.1) is 23.1 Å². The van der Waals surface area contributed by atoms with Crippen molar-refractivity contribution in [1.82, 2.24) is 0 Å². The van der Waals surface area contributed by atoms with Crippen molar-refractivity contribution in [3.8, 4) is 6.07 Å². The summed E-state index contributed by atoms with van der Waals surface area (Å²) in [6, 6.07) is 7.01. The van der Waals surface area contributed by atoms with Crippen molar-refractivity contribution >= 4 is 5.69 Å². The topological polar surface area (TPSA) is 27.0 Å². The molecular formula is C15H19FN2. The summed E-state index contributed by atoms with van der Waals surface area (Å²) in [4.78, 5) is 2.14. The lowest BCUT2D eigenvalue weighted by molar-refractivity contribution is 0.340. The normalized spacial score (nSPS) is 23.4. The fraction of sp³-hybridized carbons (Fsp3) is 0.533. The van der Waals surface area contributed by atoms with Crippen LogP contribution in [0.15, 0.2) is 18.2 Å². The van der Waals surface area contributed by atoms with Crippen LogP contribution >= 0.6 is 0 Å². The number of anilines is 1. The molecule has 0 bridgehead atoms. The summed E-state index contributed by atoms with van der Waals surface area (Å²) in [5.74, 6) is 0.458. The molecule has 0 aromatic heterocycles. The lowest BCUT2D eigenvalue weighted by Gasteiger charge is -2.35. The van der Waals surface area contributed by atoms with Crippen LogP contribution in [0.1, 0.15) is 38.2 Å². The number of nitrogens with zero attached hydrogens (tertiary/aromatic N) is 2. The second-order valence-electron chi connectivity index (χ2n) is 5.30. The van der Waals surface area contributed by atoms with Crippen LogP contribution in [-0.2, 0) is 0 Å². The summed E-state index contributed by atoms with van der Waals surface area (Å²) in [7, 11) is 2.01. The quantitative estimate of drug-likeness (QED) is 0.795.